The molecule has 3 heterocycles. The van der Waals surface area contributed by atoms with E-state index in [0.29, 0.717) is 11.9 Å². The molecule has 1 aromatic carbocycles. The summed E-state index contributed by atoms with van der Waals surface area (Å²) in [6, 6.07) is 9.11. The molecule has 2 unspecified atom stereocenters. The maximum atomic E-state index is 12.9. The second-order valence-electron chi connectivity index (χ2n) is 6.77. The number of hydrogen-bond donors (Lipinski definition) is 1. The fourth-order valence-electron chi connectivity index (χ4n) is 4.22. The lowest BCUT2D eigenvalue weighted by Crippen LogP contribution is -2.45. The van der Waals surface area contributed by atoms with Crippen LogP contribution in [0.25, 0.3) is 0 Å². The largest absolute Gasteiger partial charge is 0.342 e. The number of nitrogens with zero attached hydrogens (tertiary/aromatic N) is 1. The number of carbonyl (C=O) groups excluding carboxylic acids is 1. The average Bonchev–Trinajstić information content (AvgIpc) is 3.24. The van der Waals surface area contributed by atoms with Crippen molar-refractivity contribution < 1.29 is 4.79 Å². The van der Waals surface area contributed by atoms with E-state index in [0.717, 1.165) is 24.8 Å². The molecule has 2 saturated heterocycles. The Morgan fingerprint density at radius 1 is 1.18 bits per heavy atom. The molecule has 3 nitrogen and oxygen atoms in total. The van der Waals surface area contributed by atoms with Crippen molar-refractivity contribution in [3.05, 3.63) is 29.8 Å². The number of carbonyl (C=O) groups is 1. The molecule has 0 aromatic heterocycles. The molecule has 22 heavy (non-hydrogen) atoms. The van der Waals surface area contributed by atoms with Crippen molar-refractivity contribution in [1.29, 1.82) is 0 Å². The molecule has 4 heteroatoms. The number of piperidine rings is 1. The van der Waals surface area contributed by atoms with E-state index in [2.05, 4.69) is 34.5 Å². The Labute approximate surface area is 136 Å². The van der Waals surface area contributed by atoms with Crippen molar-refractivity contribution in [2.24, 2.45) is 5.92 Å². The first-order valence-corrected chi connectivity index (χ1v) is 9.55. The smallest absolute Gasteiger partial charge is 0.231 e. The van der Waals surface area contributed by atoms with Crippen molar-refractivity contribution in [3.8, 4) is 0 Å². The Balaban J connectivity index is 1.38. The van der Waals surface area contributed by atoms with Crippen LogP contribution in [0.4, 0.5) is 0 Å². The first-order valence-electron chi connectivity index (χ1n) is 8.57. The van der Waals surface area contributed by atoms with E-state index in [1.807, 2.05) is 11.8 Å². The van der Waals surface area contributed by atoms with Crippen LogP contribution >= 0.6 is 11.8 Å². The molecular weight excluding hydrogens is 292 g/mol. The van der Waals surface area contributed by atoms with Gasteiger partial charge in [0.15, 0.2) is 0 Å². The highest BCUT2D eigenvalue weighted by Gasteiger charge is 2.35. The highest BCUT2D eigenvalue weighted by molar-refractivity contribution is 7.99. The Bertz CT molecular complexity index is 548. The van der Waals surface area contributed by atoms with Crippen LogP contribution in [0.5, 0.6) is 0 Å². The third kappa shape index (κ3) is 2.67. The van der Waals surface area contributed by atoms with Crippen LogP contribution in [0, 0.1) is 5.92 Å². The van der Waals surface area contributed by atoms with Gasteiger partial charge in [-0.25, -0.2) is 0 Å². The Morgan fingerprint density at radius 2 is 2.00 bits per heavy atom. The standard InChI is InChI=1S/C18H24N2OS/c21-18(15-12-22-17-6-2-1-4-14(15)17)20-10-7-13(8-11-20)16-5-3-9-19-16/h1-2,4,6,13,15-16,19H,3,5,7-12H2. The normalized spacial score (nSPS) is 28.8. The average molecular weight is 316 g/mol. The first-order chi connectivity index (χ1) is 10.8. The number of hydrogen-bond acceptors (Lipinski definition) is 3. The fourth-order valence-corrected chi connectivity index (χ4v) is 5.44. The first kappa shape index (κ1) is 14.6. The monoisotopic (exact) mass is 316 g/mol. The molecule has 4 rings (SSSR count). The molecular formula is C18H24N2OS. The number of benzene rings is 1. The lowest BCUT2D eigenvalue weighted by Gasteiger charge is -2.36. The summed E-state index contributed by atoms with van der Waals surface area (Å²) >= 11 is 1.83. The number of rotatable bonds is 2. The van der Waals surface area contributed by atoms with Gasteiger partial charge in [-0.2, -0.15) is 0 Å². The molecule has 118 valence electrons. The molecule has 0 saturated carbocycles. The molecule has 0 radical (unpaired) electrons. The van der Waals surface area contributed by atoms with Crippen LogP contribution in [0.3, 0.4) is 0 Å². The fraction of sp³-hybridized carbons (Fsp3) is 0.611. The number of thioether (sulfide) groups is 1. The minimum absolute atomic E-state index is 0.0855. The van der Waals surface area contributed by atoms with E-state index in [1.54, 1.807) is 0 Å². The molecule has 1 aromatic rings. The van der Waals surface area contributed by atoms with E-state index in [4.69, 9.17) is 0 Å². The third-order valence-electron chi connectivity index (χ3n) is 5.52. The highest BCUT2D eigenvalue weighted by Crippen LogP contribution is 2.40. The van der Waals surface area contributed by atoms with Crippen molar-refractivity contribution in [1.82, 2.24) is 10.2 Å². The van der Waals surface area contributed by atoms with Crippen molar-refractivity contribution in [2.75, 3.05) is 25.4 Å². The predicted molar refractivity (Wildman–Crippen MR) is 90.2 cm³/mol. The van der Waals surface area contributed by atoms with Gasteiger partial charge in [-0.1, -0.05) is 18.2 Å². The van der Waals surface area contributed by atoms with E-state index < -0.39 is 0 Å². The molecule has 2 fully saturated rings. The molecule has 0 aliphatic carbocycles. The topological polar surface area (TPSA) is 32.3 Å². The minimum Gasteiger partial charge on any atom is -0.342 e. The van der Waals surface area contributed by atoms with Crippen LogP contribution < -0.4 is 5.32 Å². The summed E-state index contributed by atoms with van der Waals surface area (Å²) in [7, 11) is 0. The lowest BCUT2D eigenvalue weighted by molar-refractivity contribution is -0.133. The van der Waals surface area contributed by atoms with Crippen LogP contribution in [0.15, 0.2) is 29.2 Å². The second-order valence-corrected chi connectivity index (χ2v) is 7.83. The number of fused-ring (bicyclic) bond motifs is 1. The van der Waals surface area contributed by atoms with Gasteiger partial charge < -0.3 is 10.2 Å². The summed E-state index contributed by atoms with van der Waals surface area (Å²) in [5.41, 5.74) is 1.25. The van der Waals surface area contributed by atoms with Crippen molar-refractivity contribution >= 4 is 17.7 Å². The minimum atomic E-state index is 0.0855. The SMILES string of the molecule is O=C(C1CSc2ccccc21)N1CCC(C2CCCN2)CC1. The van der Waals surface area contributed by atoms with Crippen molar-refractivity contribution in [3.63, 3.8) is 0 Å². The van der Waals surface area contributed by atoms with Gasteiger partial charge >= 0.3 is 0 Å². The van der Waals surface area contributed by atoms with Gasteiger partial charge in [-0.05, 0) is 49.8 Å². The van der Waals surface area contributed by atoms with Crippen LogP contribution in [0.2, 0.25) is 0 Å². The van der Waals surface area contributed by atoms with E-state index in [9.17, 15) is 4.79 Å². The van der Waals surface area contributed by atoms with Gasteiger partial charge in [0.2, 0.25) is 5.91 Å². The predicted octanol–water partition coefficient (Wildman–Crippen LogP) is 2.87. The van der Waals surface area contributed by atoms with Crippen molar-refractivity contribution in [2.45, 2.75) is 42.5 Å². The molecule has 0 bridgehead atoms. The van der Waals surface area contributed by atoms with Crippen LogP contribution in [-0.4, -0.2) is 42.2 Å². The van der Waals surface area contributed by atoms with Crippen LogP contribution in [-0.2, 0) is 4.79 Å². The molecule has 3 aliphatic rings. The van der Waals surface area contributed by atoms with Gasteiger partial charge in [-0.15, -0.1) is 11.8 Å². The lowest BCUT2D eigenvalue weighted by atomic mass is 9.88. The van der Waals surface area contributed by atoms with Crippen LogP contribution in [0.1, 0.15) is 37.2 Å². The quantitative estimate of drug-likeness (QED) is 0.910. The summed E-state index contributed by atoms with van der Waals surface area (Å²) in [5.74, 6) is 2.14. The summed E-state index contributed by atoms with van der Waals surface area (Å²) in [5, 5.41) is 3.63. The Kier molecular flexibility index (Phi) is 4.14. The number of amides is 1. The van der Waals surface area contributed by atoms with Gasteiger partial charge in [0.1, 0.15) is 0 Å². The zero-order valence-corrected chi connectivity index (χ0v) is 13.8. The molecule has 1 N–H and O–H groups in total. The number of nitrogens with one attached hydrogen (secondary N) is 1. The highest BCUT2D eigenvalue weighted by atomic mass is 32.2. The third-order valence-corrected chi connectivity index (χ3v) is 6.70. The molecule has 2 atom stereocenters. The zero-order valence-electron chi connectivity index (χ0n) is 13.0. The van der Waals surface area contributed by atoms with Gasteiger partial charge in [0.25, 0.3) is 0 Å². The summed E-state index contributed by atoms with van der Waals surface area (Å²) in [4.78, 5) is 16.3. The maximum Gasteiger partial charge on any atom is 0.231 e. The van der Waals surface area contributed by atoms with Gasteiger partial charge in [0, 0.05) is 29.8 Å². The Morgan fingerprint density at radius 3 is 2.77 bits per heavy atom. The summed E-state index contributed by atoms with van der Waals surface area (Å²) < 4.78 is 0. The zero-order chi connectivity index (χ0) is 14.9. The number of likely N-dealkylation sites (tertiary alicyclic amines) is 1. The second kappa shape index (κ2) is 6.25. The van der Waals surface area contributed by atoms with Gasteiger partial charge in [-0.3, -0.25) is 4.79 Å². The Hall–Kier alpha value is -1.00. The summed E-state index contributed by atoms with van der Waals surface area (Å²) in [6.45, 7) is 3.08. The molecule has 3 aliphatic heterocycles. The summed E-state index contributed by atoms with van der Waals surface area (Å²) in [6.07, 6.45) is 4.99. The maximum absolute atomic E-state index is 12.9. The van der Waals surface area contributed by atoms with Gasteiger partial charge in [0.05, 0.1) is 5.92 Å². The molecule has 0 spiro atoms. The van der Waals surface area contributed by atoms with E-state index in [1.165, 1.54) is 42.7 Å². The van der Waals surface area contributed by atoms with E-state index in [-0.39, 0.29) is 5.92 Å². The molecule has 1 amide bonds. The van der Waals surface area contributed by atoms with E-state index >= 15 is 0 Å².